The molecular weight excluding hydrogens is 410 g/mol. The van der Waals surface area contributed by atoms with Gasteiger partial charge in [0.15, 0.2) is 11.5 Å². The van der Waals surface area contributed by atoms with Crippen LogP contribution in [0.5, 0.6) is 23.1 Å². The molecule has 3 aromatic rings. The van der Waals surface area contributed by atoms with Crippen molar-refractivity contribution >= 4 is 28.7 Å². The van der Waals surface area contributed by atoms with Crippen LogP contribution in [0, 0.1) is 6.92 Å². The van der Waals surface area contributed by atoms with Crippen LogP contribution in [0.1, 0.15) is 16.7 Å². The van der Waals surface area contributed by atoms with Gasteiger partial charge in [-0.15, -0.1) is 0 Å². The molecule has 2 heterocycles. The van der Waals surface area contributed by atoms with Crippen molar-refractivity contribution in [2.45, 2.75) is 6.92 Å². The fourth-order valence-corrected chi connectivity index (χ4v) is 3.51. The highest BCUT2D eigenvalue weighted by molar-refractivity contribution is 6.20. The Morgan fingerprint density at radius 2 is 1.62 bits per heavy atom. The normalized spacial score (nSPS) is 14.3. The summed E-state index contributed by atoms with van der Waals surface area (Å²) in [6.07, 6.45) is 1.66. The minimum absolute atomic E-state index is 0.236. The number of fused-ring (bicyclic) bond motifs is 1. The Morgan fingerprint density at radius 3 is 2.25 bits per heavy atom. The number of carbonyl (C=O) groups excluding carboxylic acids is 1. The Labute approximate surface area is 185 Å². The number of rotatable bonds is 6. The topological polar surface area (TPSA) is 91.3 Å². The van der Waals surface area contributed by atoms with Gasteiger partial charge in [-0.25, -0.2) is 9.98 Å². The summed E-state index contributed by atoms with van der Waals surface area (Å²) in [5.74, 6) is 1.85. The number of hydrogen-bond donors (Lipinski definition) is 1. The zero-order valence-electron chi connectivity index (χ0n) is 18.5. The molecule has 1 N–H and O–H groups in total. The highest BCUT2D eigenvalue weighted by atomic mass is 16.5. The van der Waals surface area contributed by atoms with Crippen LogP contribution < -0.4 is 24.3 Å². The SMILES string of the molecule is COc1cc(C2=N/C(=C\c3cc4ccc(C)cc4nc3OC)C(=O)N2)cc(OC)c1OC. The van der Waals surface area contributed by atoms with Crippen molar-refractivity contribution in [2.24, 2.45) is 4.99 Å². The van der Waals surface area contributed by atoms with Gasteiger partial charge in [-0.05, 0) is 42.8 Å². The lowest BCUT2D eigenvalue weighted by atomic mass is 10.1. The van der Waals surface area contributed by atoms with Crippen molar-refractivity contribution in [1.82, 2.24) is 10.3 Å². The molecule has 0 bridgehead atoms. The van der Waals surface area contributed by atoms with Crippen LogP contribution in [0.25, 0.3) is 17.0 Å². The summed E-state index contributed by atoms with van der Waals surface area (Å²) in [5.41, 5.74) is 3.44. The van der Waals surface area contributed by atoms with Gasteiger partial charge in [0.25, 0.3) is 5.91 Å². The van der Waals surface area contributed by atoms with Crippen LogP contribution >= 0.6 is 0 Å². The Morgan fingerprint density at radius 1 is 0.906 bits per heavy atom. The molecule has 8 heteroatoms. The van der Waals surface area contributed by atoms with E-state index >= 15 is 0 Å². The standard InChI is InChI=1S/C24H23N3O5/c1-13-6-7-14-9-16(24(32-5)26-17(14)8-13)10-18-23(28)27-22(25-18)15-11-19(29-2)21(31-4)20(12-15)30-3/h6-12H,1-5H3,(H,25,27,28)/b18-10-. The first kappa shape index (κ1) is 21.2. The van der Waals surface area contributed by atoms with Gasteiger partial charge in [-0.3, -0.25) is 4.79 Å². The summed E-state index contributed by atoms with van der Waals surface area (Å²) in [5, 5.41) is 3.73. The van der Waals surface area contributed by atoms with Gasteiger partial charge in [-0.1, -0.05) is 12.1 Å². The molecule has 8 nitrogen and oxygen atoms in total. The van der Waals surface area contributed by atoms with E-state index in [1.54, 1.807) is 25.3 Å². The lowest BCUT2D eigenvalue weighted by Gasteiger charge is -2.13. The molecule has 4 rings (SSSR count). The van der Waals surface area contributed by atoms with Gasteiger partial charge in [0.05, 0.1) is 34.0 Å². The maximum Gasteiger partial charge on any atom is 0.275 e. The molecule has 0 aliphatic carbocycles. The summed E-state index contributed by atoms with van der Waals surface area (Å²) >= 11 is 0. The second-order valence-electron chi connectivity index (χ2n) is 7.14. The van der Waals surface area contributed by atoms with Crippen molar-refractivity contribution in [3.63, 3.8) is 0 Å². The van der Waals surface area contributed by atoms with Crippen molar-refractivity contribution < 1.29 is 23.7 Å². The Kier molecular flexibility index (Phi) is 5.68. The van der Waals surface area contributed by atoms with Crippen LogP contribution in [0.15, 0.2) is 47.1 Å². The molecular formula is C24H23N3O5. The molecule has 0 unspecified atom stereocenters. The van der Waals surface area contributed by atoms with E-state index in [0.717, 1.165) is 16.5 Å². The Balaban J connectivity index is 1.78. The van der Waals surface area contributed by atoms with Crippen LogP contribution in [-0.4, -0.2) is 45.2 Å². The first-order valence-electron chi connectivity index (χ1n) is 9.85. The fraction of sp³-hybridized carbons (Fsp3) is 0.208. The molecule has 1 aliphatic heterocycles. The average molecular weight is 433 g/mol. The van der Waals surface area contributed by atoms with E-state index in [4.69, 9.17) is 18.9 Å². The van der Waals surface area contributed by atoms with E-state index in [2.05, 4.69) is 15.3 Å². The predicted octanol–water partition coefficient (Wildman–Crippen LogP) is 3.50. The zero-order chi connectivity index (χ0) is 22.8. The minimum Gasteiger partial charge on any atom is -0.493 e. The molecule has 0 radical (unpaired) electrons. The van der Waals surface area contributed by atoms with Crippen LogP contribution in [0.3, 0.4) is 0 Å². The smallest absolute Gasteiger partial charge is 0.275 e. The number of aliphatic imine (C=N–C) groups is 1. The average Bonchev–Trinajstić information content (AvgIpc) is 3.17. The maximum atomic E-state index is 12.7. The van der Waals surface area contributed by atoms with Gasteiger partial charge in [0.2, 0.25) is 11.6 Å². The van der Waals surface area contributed by atoms with Gasteiger partial charge in [-0.2, -0.15) is 0 Å². The molecule has 1 aliphatic rings. The number of carbonyl (C=O) groups is 1. The third kappa shape index (κ3) is 3.82. The summed E-state index contributed by atoms with van der Waals surface area (Å²) < 4.78 is 21.6. The third-order valence-corrected chi connectivity index (χ3v) is 5.09. The van der Waals surface area contributed by atoms with E-state index in [0.29, 0.717) is 40.1 Å². The first-order valence-corrected chi connectivity index (χ1v) is 9.85. The number of nitrogens with zero attached hydrogens (tertiary/aromatic N) is 2. The van der Waals surface area contributed by atoms with Crippen LogP contribution in [0.4, 0.5) is 0 Å². The molecule has 164 valence electrons. The van der Waals surface area contributed by atoms with Gasteiger partial charge in [0.1, 0.15) is 11.5 Å². The maximum absolute atomic E-state index is 12.7. The monoisotopic (exact) mass is 433 g/mol. The Hall–Kier alpha value is -4.07. The second-order valence-corrected chi connectivity index (χ2v) is 7.14. The fourth-order valence-electron chi connectivity index (χ4n) is 3.51. The third-order valence-electron chi connectivity index (χ3n) is 5.09. The molecule has 0 saturated carbocycles. The predicted molar refractivity (Wildman–Crippen MR) is 122 cm³/mol. The van der Waals surface area contributed by atoms with Crippen LogP contribution in [0.2, 0.25) is 0 Å². The molecule has 0 spiro atoms. The molecule has 1 aromatic heterocycles. The van der Waals surface area contributed by atoms with Gasteiger partial charge >= 0.3 is 0 Å². The summed E-state index contributed by atoms with van der Waals surface area (Å²) in [7, 11) is 6.14. The molecule has 1 amide bonds. The molecule has 32 heavy (non-hydrogen) atoms. The van der Waals surface area contributed by atoms with E-state index < -0.39 is 0 Å². The van der Waals surface area contributed by atoms with Crippen molar-refractivity contribution in [3.05, 3.63) is 58.8 Å². The van der Waals surface area contributed by atoms with Crippen molar-refractivity contribution in [3.8, 4) is 23.1 Å². The number of ether oxygens (including phenoxy) is 4. The number of aromatic nitrogens is 1. The Bertz CT molecular complexity index is 1260. The number of amides is 1. The molecule has 0 saturated heterocycles. The van der Waals surface area contributed by atoms with Gasteiger partial charge < -0.3 is 24.3 Å². The number of amidine groups is 1. The van der Waals surface area contributed by atoms with Crippen LogP contribution in [-0.2, 0) is 4.79 Å². The summed E-state index contributed by atoms with van der Waals surface area (Å²) in [6.45, 7) is 2.01. The van der Waals surface area contributed by atoms with Crippen molar-refractivity contribution in [2.75, 3.05) is 28.4 Å². The minimum atomic E-state index is -0.334. The highest BCUT2D eigenvalue weighted by Crippen LogP contribution is 2.38. The van der Waals surface area contributed by atoms with E-state index in [9.17, 15) is 4.79 Å². The lowest BCUT2D eigenvalue weighted by Crippen LogP contribution is -2.24. The quantitative estimate of drug-likeness (QED) is 0.599. The number of pyridine rings is 1. The first-order chi connectivity index (χ1) is 15.5. The number of benzene rings is 2. The number of hydrogen-bond acceptors (Lipinski definition) is 7. The van der Waals surface area contributed by atoms with E-state index in [1.165, 1.54) is 21.3 Å². The highest BCUT2D eigenvalue weighted by Gasteiger charge is 2.24. The number of aryl methyl sites for hydroxylation is 1. The zero-order valence-corrected chi connectivity index (χ0v) is 18.5. The number of methoxy groups -OCH3 is 4. The largest absolute Gasteiger partial charge is 0.493 e. The summed E-state index contributed by atoms with van der Waals surface area (Å²) in [4.78, 5) is 21.7. The second kappa shape index (κ2) is 8.58. The van der Waals surface area contributed by atoms with Crippen molar-refractivity contribution in [1.29, 1.82) is 0 Å². The molecule has 0 fully saturated rings. The van der Waals surface area contributed by atoms with E-state index in [-0.39, 0.29) is 11.6 Å². The van der Waals surface area contributed by atoms with Gasteiger partial charge in [0, 0.05) is 16.5 Å². The lowest BCUT2D eigenvalue weighted by molar-refractivity contribution is -0.115. The summed E-state index contributed by atoms with van der Waals surface area (Å²) in [6, 6.07) is 11.4. The number of nitrogens with one attached hydrogen (secondary N) is 1. The molecule has 2 aromatic carbocycles. The molecule has 0 atom stereocenters. The van der Waals surface area contributed by atoms with E-state index in [1.807, 2.05) is 31.2 Å².